The SMILES string of the molecule is CSCC(=O)N1CCC1c1ccc(F)cc1. The maximum absolute atomic E-state index is 12.8. The molecule has 1 amide bonds. The van der Waals surface area contributed by atoms with Crippen LogP contribution in [-0.4, -0.2) is 29.4 Å². The molecule has 0 aromatic heterocycles. The highest BCUT2D eigenvalue weighted by atomic mass is 32.2. The maximum atomic E-state index is 12.8. The van der Waals surface area contributed by atoms with Gasteiger partial charge in [0.25, 0.3) is 0 Å². The summed E-state index contributed by atoms with van der Waals surface area (Å²) >= 11 is 1.54. The second-order valence-corrected chi connectivity index (χ2v) is 4.74. The molecular weight excluding hydrogens is 225 g/mol. The van der Waals surface area contributed by atoms with E-state index in [-0.39, 0.29) is 17.8 Å². The van der Waals surface area contributed by atoms with Gasteiger partial charge in [-0.15, -0.1) is 0 Å². The van der Waals surface area contributed by atoms with Crippen molar-refractivity contribution in [2.75, 3.05) is 18.6 Å². The minimum Gasteiger partial charge on any atom is -0.335 e. The first-order valence-corrected chi connectivity index (χ1v) is 6.65. The molecule has 16 heavy (non-hydrogen) atoms. The Bertz CT molecular complexity index is 379. The molecule has 1 saturated heterocycles. The van der Waals surface area contributed by atoms with Crippen LogP contribution in [0.15, 0.2) is 24.3 Å². The zero-order chi connectivity index (χ0) is 11.5. The zero-order valence-corrected chi connectivity index (χ0v) is 9.97. The van der Waals surface area contributed by atoms with Crippen LogP contribution in [0.4, 0.5) is 4.39 Å². The summed E-state index contributed by atoms with van der Waals surface area (Å²) in [6, 6.07) is 6.58. The van der Waals surface area contributed by atoms with E-state index in [1.54, 1.807) is 12.1 Å². The average Bonchev–Trinajstić information content (AvgIpc) is 2.20. The first-order valence-electron chi connectivity index (χ1n) is 5.26. The summed E-state index contributed by atoms with van der Waals surface area (Å²) in [6.45, 7) is 0.821. The van der Waals surface area contributed by atoms with Crippen molar-refractivity contribution in [1.29, 1.82) is 0 Å². The Labute approximate surface area is 98.8 Å². The molecule has 2 rings (SSSR count). The van der Waals surface area contributed by atoms with Crippen LogP contribution in [0, 0.1) is 5.82 Å². The molecule has 1 aromatic carbocycles. The van der Waals surface area contributed by atoms with Gasteiger partial charge in [-0.1, -0.05) is 12.1 Å². The van der Waals surface area contributed by atoms with E-state index >= 15 is 0 Å². The van der Waals surface area contributed by atoms with Crippen LogP contribution < -0.4 is 0 Å². The fourth-order valence-electron chi connectivity index (χ4n) is 1.92. The van der Waals surface area contributed by atoms with Gasteiger partial charge in [0.15, 0.2) is 0 Å². The summed E-state index contributed by atoms with van der Waals surface area (Å²) in [4.78, 5) is 13.6. The van der Waals surface area contributed by atoms with Crippen molar-refractivity contribution in [2.45, 2.75) is 12.5 Å². The van der Waals surface area contributed by atoms with E-state index in [9.17, 15) is 9.18 Å². The lowest BCUT2D eigenvalue weighted by molar-refractivity contribution is -0.136. The van der Waals surface area contributed by atoms with Gasteiger partial charge in [-0.3, -0.25) is 4.79 Å². The summed E-state index contributed by atoms with van der Waals surface area (Å²) < 4.78 is 12.8. The average molecular weight is 239 g/mol. The number of likely N-dealkylation sites (tertiary alicyclic amines) is 1. The highest BCUT2D eigenvalue weighted by Crippen LogP contribution is 2.33. The highest BCUT2D eigenvalue weighted by molar-refractivity contribution is 7.99. The number of nitrogens with zero attached hydrogens (tertiary/aromatic N) is 1. The first-order chi connectivity index (χ1) is 7.72. The van der Waals surface area contributed by atoms with Gasteiger partial charge >= 0.3 is 0 Å². The highest BCUT2D eigenvalue weighted by Gasteiger charge is 2.32. The van der Waals surface area contributed by atoms with E-state index in [4.69, 9.17) is 0 Å². The van der Waals surface area contributed by atoms with Crippen molar-refractivity contribution in [2.24, 2.45) is 0 Å². The summed E-state index contributed by atoms with van der Waals surface area (Å²) in [5.41, 5.74) is 1.03. The van der Waals surface area contributed by atoms with Crippen LogP contribution in [0.3, 0.4) is 0 Å². The number of hydrogen-bond donors (Lipinski definition) is 0. The second-order valence-electron chi connectivity index (χ2n) is 3.88. The third-order valence-corrected chi connectivity index (χ3v) is 3.40. The molecule has 0 saturated carbocycles. The molecule has 1 unspecified atom stereocenters. The Balaban J connectivity index is 2.05. The van der Waals surface area contributed by atoms with Crippen molar-refractivity contribution in [3.8, 4) is 0 Å². The Kier molecular flexibility index (Phi) is 3.49. The molecule has 0 aliphatic carbocycles. The molecular formula is C12H14FNOS. The number of carbonyl (C=O) groups excluding carboxylic acids is 1. The Morgan fingerprint density at radius 1 is 1.50 bits per heavy atom. The van der Waals surface area contributed by atoms with Crippen LogP contribution in [0.25, 0.3) is 0 Å². The molecule has 0 spiro atoms. The Hall–Kier alpha value is -1.03. The predicted molar refractivity (Wildman–Crippen MR) is 63.9 cm³/mol. The number of halogens is 1. The lowest BCUT2D eigenvalue weighted by Crippen LogP contribution is -2.45. The van der Waals surface area contributed by atoms with Crippen LogP contribution in [0.2, 0.25) is 0 Å². The van der Waals surface area contributed by atoms with Crippen molar-refractivity contribution in [1.82, 2.24) is 4.90 Å². The molecule has 1 aliphatic heterocycles. The van der Waals surface area contributed by atoms with Crippen LogP contribution in [0.5, 0.6) is 0 Å². The standard InChI is InChI=1S/C12H14FNOS/c1-16-8-12(15)14-7-6-11(14)9-2-4-10(13)5-3-9/h2-5,11H,6-8H2,1H3. The zero-order valence-electron chi connectivity index (χ0n) is 9.15. The lowest BCUT2D eigenvalue weighted by Gasteiger charge is -2.41. The molecule has 86 valence electrons. The molecule has 0 radical (unpaired) electrons. The van der Waals surface area contributed by atoms with E-state index in [1.165, 1.54) is 23.9 Å². The number of amides is 1. The number of hydrogen-bond acceptors (Lipinski definition) is 2. The minimum absolute atomic E-state index is 0.153. The van der Waals surface area contributed by atoms with E-state index in [0.29, 0.717) is 5.75 Å². The first kappa shape index (κ1) is 11.5. The summed E-state index contributed by atoms with van der Waals surface area (Å²) in [6.07, 6.45) is 2.90. The molecule has 1 fully saturated rings. The molecule has 1 aromatic rings. The summed E-state index contributed by atoms with van der Waals surface area (Å²) in [7, 11) is 0. The van der Waals surface area contributed by atoms with Gasteiger partial charge in [0.1, 0.15) is 5.82 Å². The van der Waals surface area contributed by atoms with Gasteiger partial charge in [0.05, 0.1) is 11.8 Å². The van der Waals surface area contributed by atoms with E-state index in [0.717, 1.165) is 18.5 Å². The van der Waals surface area contributed by atoms with Gasteiger partial charge in [-0.05, 0) is 30.4 Å². The van der Waals surface area contributed by atoms with Gasteiger partial charge in [-0.25, -0.2) is 4.39 Å². The normalized spacial score (nSPS) is 19.4. The van der Waals surface area contributed by atoms with E-state index < -0.39 is 0 Å². The predicted octanol–water partition coefficient (Wildman–Crippen LogP) is 2.46. The van der Waals surface area contributed by atoms with Gasteiger partial charge in [0, 0.05) is 6.54 Å². The second kappa shape index (κ2) is 4.87. The fraction of sp³-hybridized carbons (Fsp3) is 0.417. The number of carbonyl (C=O) groups is 1. The van der Waals surface area contributed by atoms with Gasteiger partial charge in [0.2, 0.25) is 5.91 Å². The monoisotopic (exact) mass is 239 g/mol. The molecule has 0 bridgehead atoms. The van der Waals surface area contributed by atoms with E-state index in [2.05, 4.69) is 0 Å². The van der Waals surface area contributed by atoms with Crippen LogP contribution in [-0.2, 0) is 4.79 Å². The van der Waals surface area contributed by atoms with Crippen LogP contribution >= 0.6 is 11.8 Å². The third-order valence-electron chi connectivity index (χ3n) is 2.86. The van der Waals surface area contributed by atoms with Crippen LogP contribution in [0.1, 0.15) is 18.0 Å². The largest absolute Gasteiger partial charge is 0.335 e. The molecule has 1 heterocycles. The Morgan fingerprint density at radius 2 is 2.19 bits per heavy atom. The quantitative estimate of drug-likeness (QED) is 0.807. The topological polar surface area (TPSA) is 20.3 Å². The van der Waals surface area contributed by atoms with Crippen molar-refractivity contribution in [3.63, 3.8) is 0 Å². The van der Waals surface area contributed by atoms with E-state index in [1.807, 2.05) is 11.2 Å². The molecule has 0 N–H and O–H groups in total. The minimum atomic E-state index is -0.231. The third kappa shape index (κ3) is 2.21. The number of benzene rings is 1. The lowest BCUT2D eigenvalue weighted by atomic mass is 9.95. The summed E-state index contributed by atoms with van der Waals surface area (Å²) in [5, 5.41) is 0. The molecule has 1 atom stereocenters. The summed E-state index contributed by atoms with van der Waals surface area (Å²) in [5.74, 6) is 0.468. The number of thioether (sulfide) groups is 1. The van der Waals surface area contributed by atoms with Crippen molar-refractivity contribution < 1.29 is 9.18 Å². The van der Waals surface area contributed by atoms with Crippen molar-refractivity contribution in [3.05, 3.63) is 35.6 Å². The Morgan fingerprint density at radius 3 is 2.69 bits per heavy atom. The number of rotatable bonds is 3. The smallest absolute Gasteiger partial charge is 0.233 e. The molecule has 4 heteroatoms. The van der Waals surface area contributed by atoms with Crippen molar-refractivity contribution >= 4 is 17.7 Å². The van der Waals surface area contributed by atoms with Gasteiger partial charge < -0.3 is 4.90 Å². The molecule has 1 aliphatic rings. The van der Waals surface area contributed by atoms with Gasteiger partial charge in [-0.2, -0.15) is 11.8 Å². The fourth-order valence-corrected chi connectivity index (χ4v) is 2.34. The maximum Gasteiger partial charge on any atom is 0.233 e. The molecule has 2 nitrogen and oxygen atoms in total.